The molecule has 1 aromatic rings. The molecule has 0 saturated carbocycles. The number of hydrogen-bond donors (Lipinski definition) is 0. The molecule has 0 unspecified atom stereocenters. The van der Waals surface area contributed by atoms with Gasteiger partial charge in [-0.1, -0.05) is 121 Å². The zero-order valence-electron chi connectivity index (χ0n) is 14.6. The van der Waals surface area contributed by atoms with E-state index >= 15 is 0 Å². The van der Waals surface area contributed by atoms with Gasteiger partial charge in [0, 0.05) is 0 Å². The predicted octanol–water partition coefficient (Wildman–Crippen LogP) is 7.53. The average molecular weight is 301 g/mol. The summed E-state index contributed by atoms with van der Waals surface area (Å²) in [6, 6.07) is 10.7. The highest BCUT2D eigenvalue weighted by atomic mass is 14.0. The SMILES string of the molecule is [CH2]CCCCCCCCCCCCCC[CH]c1ccccc1. The van der Waals surface area contributed by atoms with Crippen LogP contribution in [0.3, 0.4) is 0 Å². The first-order valence-corrected chi connectivity index (χ1v) is 9.61. The van der Waals surface area contributed by atoms with Crippen LogP contribution in [0.25, 0.3) is 0 Å². The molecule has 0 aliphatic carbocycles. The molecule has 0 amide bonds. The second-order valence-corrected chi connectivity index (χ2v) is 6.50. The van der Waals surface area contributed by atoms with E-state index < -0.39 is 0 Å². The Balaban J connectivity index is 1.73. The number of benzene rings is 1. The molecule has 0 heterocycles. The Morgan fingerprint density at radius 1 is 0.591 bits per heavy atom. The van der Waals surface area contributed by atoms with Crippen molar-refractivity contribution in [3.05, 3.63) is 49.2 Å². The molecule has 0 nitrogen and oxygen atoms in total. The zero-order valence-corrected chi connectivity index (χ0v) is 14.6. The van der Waals surface area contributed by atoms with Crippen molar-refractivity contribution in [2.24, 2.45) is 0 Å². The molecule has 0 aromatic heterocycles. The fourth-order valence-electron chi connectivity index (χ4n) is 2.95. The van der Waals surface area contributed by atoms with Gasteiger partial charge in [-0.2, -0.15) is 0 Å². The fraction of sp³-hybridized carbons (Fsp3) is 0.636. The molecule has 0 spiro atoms. The van der Waals surface area contributed by atoms with Crippen molar-refractivity contribution < 1.29 is 0 Å². The summed E-state index contributed by atoms with van der Waals surface area (Å²) in [5, 5.41) is 0. The van der Waals surface area contributed by atoms with E-state index in [4.69, 9.17) is 0 Å². The molecular weight excluding hydrogens is 264 g/mol. The molecule has 1 aromatic carbocycles. The molecule has 0 heteroatoms. The first-order chi connectivity index (χ1) is 10.9. The molecule has 0 aliphatic heterocycles. The Morgan fingerprint density at radius 3 is 1.55 bits per heavy atom. The maximum Gasteiger partial charge on any atom is -0.00931 e. The average Bonchev–Trinajstić information content (AvgIpc) is 2.56. The summed E-state index contributed by atoms with van der Waals surface area (Å²) in [4.78, 5) is 0. The van der Waals surface area contributed by atoms with Crippen molar-refractivity contribution in [1.82, 2.24) is 0 Å². The van der Waals surface area contributed by atoms with Crippen LogP contribution in [0.1, 0.15) is 95.5 Å². The van der Waals surface area contributed by atoms with E-state index in [1.165, 1.54) is 89.0 Å². The van der Waals surface area contributed by atoms with Crippen LogP contribution in [-0.4, -0.2) is 0 Å². The van der Waals surface area contributed by atoms with Crippen molar-refractivity contribution in [2.75, 3.05) is 0 Å². The Morgan fingerprint density at radius 2 is 1.05 bits per heavy atom. The first-order valence-electron chi connectivity index (χ1n) is 9.61. The Bertz CT molecular complexity index is 314. The zero-order chi connectivity index (χ0) is 15.7. The number of rotatable bonds is 15. The highest BCUT2D eigenvalue weighted by molar-refractivity contribution is 5.21. The Kier molecular flexibility index (Phi) is 13.2. The van der Waals surface area contributed by atoms with E-state index in [-0.39, 0.29) is 0 Å². The fourth-order valence-corrected chi connectivity index (χ4v) is 2.95. The van der Waals surface area contributed by atoms with Gasteiger partial charge < -0.3 is 0 Å². The highest BCUT2D eigenvalue weighted by Gasteiger charge is 1.95. The third-order valence-electron chi connectivity index (χ3n) is 4.38. The molecule has 124 valence electrons. The quantitative estimate of drug-likeness (QED) is 0.293. The van der Waals surface area contributed by atoms with Crippen LogP contribution < -0.4 is 0 Å². The second-order valence-electron chi connectivity index (χ2n) is 6.50. The molecule has 0 N–H and O–H groups in total. The summed E-state index contributed by atoms with van der Waals surface area (Å²) in [6.07, 6.45) is 21.7. The number of unbranched alkanes of at least 4 members (excludes halogenated alkanes) is 13. The van der Waals surface area contributed by atoms with Crippen LogP contribution in [0.15, 0.2) is 30.3 Å². The van der Waals surface area contributed by atoms with Crippen molar-refractivity contribution in [3.63, 3.8) is 0 Å². The molecule has 0 bridgehead atoms. The van der Waals surface area contributed by atoms with E-state index in [0.717, 1.165) is 6.42 Å². The van der Waals surface area contributed by atoms with Gasteiger partial charge in [-0.3, -0.25) is 0 Å². The molecule has 0 fully saturated rings. The molecule has 2 radical (unpaired) electrons. The third-order valence-corrected chi connectivity index (χ3v) is 4.38. The van der Waals surface area contributed by atoms with Crippen molar-refractivity contribution in [2.45, 2.75) is 89.9 Å². The van der Waals surface area contributed by atoms with Gasteiger partial charge in [0.25, 0.3) is 0 Å². The molecule has 1 rings (SSSR count). The normalized spacial score (nSPS) is 11.0. The number of hydrogen-bond acceptors (Lipinski definition) is 0. The minimum atomic E-state index is 1.11. The minimum Gasteiger partial charge on any atom is -0.0622 e. The van der Waals surface area contributed by atoms with Crippen molar-refractivity contribution in [1.29, 1.82) is 0 Å². The van der Waals surface area contributed by atoms with Crippen LogP contribution in [0.4, 0.5) is 0 Å². The Labute approximate surface area is 139 Å². The van der Waals surface area contributed by atoms with Crippen molar-refractivity contribution >= 4 is 0 Å². The predicted molar refractivity (Wildman–Crippen MR) is 99.8 cm³/mol. The summed E-state index contributed by atoms with van der Waals surface area (Å²) >= 11 is 0. The molecule has 0 saturated heterocycles. The summed E-state index contributed by atoms with van der Waals surface area (Å²) in [5.74, 6) is 0. The van der Waals surface area contributed by atoms with Crippen LogP contribution in [0.5, 0.6) is 0 Å². The minimum absolute atomic E-state index is 1.11. The largest absolute Gasteiger partial charge is 0.0622 e. The highest BCUT2D eigenvalue weighted by Crippen LogP contribution is 2.14. The summed E-state index contributed by atoms with van der Waals surface area (Å²) in [7, 11) is 0. The smallest absolute Gasteiger partial charge is 0.00931 e. The maximum absolute atomic E-state index is 3.89. The van der Waals surface area contributed by atoms with Gasteiger partial charge in [0.05, 0.1) is 0 Å². The summed E-state index contributed by atoms with van der Waals surface area (Å²) in [5.41, 5.74) is 1.37. The van der Waals surface area contributed by atoms with Gasteiger partial charge in [-0.05, 0) is 18.4 Å². The molecule has 22 heavy (non-hydrogen) atoms. The lowest BCUT2D eigenvalue weighted by Crippen LogP contribution is -1.84. The lowest BCUT2D eigenvalue weighted by molar-refractivity contribution is 0.541. The second kappa shape index (κ2) is 15.1. The topological polar surface area (TPSA) is 0 Å². The van der Waals surface area contributed by atoms with E-state index in [2.05, 4.69) is 43.7 Å². The van der Waals surface area contributed by atoms with Gasteiger partial charge in [0.15, 0.2) is 0 Å². The molecule has 0 atom stereocenters. The van der Waals surface area contributed by atoms with Gasteiger partial charge in [0.2, 0.25) is 0 Å². The summed E-state index contributed by atoms with van der Waals surface area (Å²) in [6.45, 7) is 3.89. The van der Waals surface area contributed by atoms with Gasteiger partial charge >= 0.3 is 0 Å². The lowest BCUT2D eigenvalue weighted by Gasteiger charge is -2.03. The van der Waals surface area contributed by atoms with E-state index in [1.807, 2.05) is 0 Å². The van der Waals surface area contributed by atoms with Gasteiger partial charge in [-0.15, -0.1) is 0 Å². The van der Waals surface area contributed by atoms with Crippen LogP contribution >= 0.6 is 0 Å². The monoisotopic (exact) mass is 300 g/mol. The maximum atomic E-state index is 3.89. The standard InChI is InChI=1S/C22H36/c1-2-3-4-5-6-7-8-9-10-11-12-13-14-16-19-22-20-17-15-18-21-22/h15,17-21H,1-14,16H2. The summed E-state index contributed by atoms with van der Waals surface area (Å²) < 4.78 is 0. The van der Waals surface area contributed by atoms with Crippen molar-refractivity contribution in [3.8, 4) is 0 Å². The first kappa shape index (κ1) is 19.3. The van der Waals surface area contributed by atoms with E-state index in [0.29, 0.717) is 0 Å². The van der Waals surface area contributed by atoms with Crippen LogP contribution in [0, 0.1) is 13.3 Å². The third kappa shape index (κ3) is 11.8. The van der Waals surface area contributed by atoms with Gasteiger partial charge in [-0.25, -0.2) is 0 Å². The molecule has 0 aliphatic rings. The van der Waals surface area contributed by atoms with Crippen LogP contribution in [-0.2, 0) is 0 Å². The lowest BCUT2D eigenvalue weighted by atomic mass is 10.0. The Hall–Kier alpha value is -0.780. The van der Waals surface area contributed by atoms with E-state index in [9.17, 15) is 0 Å². The molecular formula is C22H36. The van der Waals surface area contributed by atoms with Crippen LogP contribution in [0.2, 0.25) is 0 Å². The van der Waals surface area contributed by atoms with Gasteiger partial charge in [0.1, 0.15) is 0 Å². The van der Waals surface area contributed by atoms with E-state index in [1.54, 1.807) is 0 Å².